The monoisotopic (exact) mass is 754 g/mol. The van der Waals surface area contributed by atoms with Crippen LogP contribution in [0.15, 0.2) is 72.8 Å². The highest BCUT2D eigenvalue weighted by atomic mass is 32.1. The molecule has 0 fully saturated rings. The Hall–Kier alpha value is -4.46. The van der Waals surface area contributed by atoms with Crippen molar-refractivity contribution >= 4 is 31.3 Å². The fourth-order valence-electron chi connectivity index (χ4n) is 5.56. The third kappa shape index (κ3) is 15.6. The van der Waals surface area contributed by atoms with Gasteiger partial charge in [-0.25, -0.2) is 4.79 Å². The molecule has 0 unspecified atom stereocenters. The fourth-order valence-corrected chi connectivity index (χ4v) is 5.56. The Morgan fingerprint density at radius 1 is 0.811 bits per heavy atom. The van der Waals surface area contributed by atoms with Crippen LogP contribution < -0.4 is 30.2 Å². The molecule has 13 heteroatoms. The van der Waals surface area contributed by atoms with E-state index >= 15 is 0 Å². The molecule has 0 saturated heterocycles. The van der Waals surface area contributed by atoms with E-state index in [9.17, 15) is 14.4 Å². The van der Waals surface area contributed by atoms with Gasteiger partial charge in [0.25, 0.3) is 0 Å². The number of nitrogens with zero attached hydrogens (tertiary/aromatic N) is 1. The zero-order valence-electron chi connectivity index (χ0n) is 32.3. The maximum atomic E-state index is 14.6. The smallest absolute Gasteiger partial charge is 0.315 e. The molecule has 2 atom stereocenters. The number of para-hydroxylation sites is 1. The summed E-state index contributed by atoms with van der Waals surface area (Å²) >= 11 is 0. The zero-order valence-corrected chi connectivity index (χ0v) is 33.3. The first kappa shape index (κ1) is 44.7. The van der Waals surface area contributed by atoms with Crippen molar-refractivity contribution in [2.24, 2.45) is 0 Å². The van der Waals surface area contributed by atoms with Crippen molar-refractivity contribution in [3.8, 4) is 17.2 Å². The molecule has 0 radical (unpaired) electrons. The van der Waals surface area contributed by atoms with E-state index in [2.05, 4.69) is 16.0 Å². The van der Waals surface area contributed by atoms with E-state index in [1.807, 2.05) is 101 Å². The van der Waals surface area contributed by atoms with Crippen molar-refractivity contribution in [1.29, 1.82) is 0 Å². The maximum absolute atomic E-state index is 14.6. The van der Waals surface area contributed by atoms with Gasteiger partial charge in [0.15, 0.2) is 17.8 Å². The number of carbonyl (C=O) groups is 3. The quantitative estimate of drug-likeness (QED) is 0.125. The van der Waals surface area contributed by atoms with Gasteiger partial charge in [-0.05, 0) is 70.9 Å². The molecule has 3 aromatic carbocycles. The number of benzene rings is 3. The number of carbonyl (C=O) groups excluding carboxylic acids is 3. The highest BCUT2D eigenvalue weighted by Crippen LogP contribution is 2.32. The van der Waals surface area contributed by atoms with Gasteiger partial charge in [-0.3, -0.25) is 9.59 Å². The van der Waals surface area contributed by atoms with E-state index in [0.29, 0.717) is 42.6 Å². The predicted octanol–water partition coefficient (Wildman–Crippen LogP) is 5.73. The zero-order chi connectivity index (χ0) is 38.1. The third-order valence-electron chi connectivity index (χ3n) is 7.82. The van der Waals surface area contributed by atoms with Gasteiger partial charge in [0.1, 0.15) is 17.4 Å². The molecule has 0 saturated carbocycles. The van der Waals surface area contributed by atoms with Gasteiger partial charge >= 0.3 is 6.03 Å². The molecule has 3 rings (SSSR count). The van der Waals surface area contributed by atoms with E-state index in [0.717, 1.165) is 11.1 Å². The number of urea groups is 1. The second-order valence-corrected chi connectivity index (χ2v) is 13.3. The molecule has 0 spiro atoms. The molecule has 12 nitrogen and oxygen atoms in total. The Bertz CT molecular complexity index is 1550. The standard InChI is InChI=1S/C40H56N4O8.H2S/c1-9-50-36(51-10-2)27-44(26-31-17-14-18-34(48-7)37(31)49-8)38(46)33(24-29-19-21-32(22-20-29)52-40(4,5)6)43-35(45)23-28(3)42-39(47)41-25-30-15-12-11-13-16-30;/h11-22,28,33,36H,9-10,23-27H2,1-8H3,(H,43,45)(H2,41,42,47);1H2/t28-,33+;/m1./s1. The topological polar surface area (TPSA) is 137 Å². The van der Waals surface area contributed by atoms with Gasteiger partial charge < -0.3 is 44.5 Å². The number of ether oxygens (including phenoxy) is 5. The Morgan fingerprint density at radius 2 is 1.47 bits per heavy atom. The van der Waals surface area contributed by atoms with Gasteiger partial charge in [0.05, 0.1) is 20.8 Å². The number of rotatable bonds is 20. The highest BCUT2D eigenvalue weighted by molar-refractivity contribution is 7.59. The molecule has 3 N–H and O–H groups in total. The minimum atomic E-state index is -0.971. The molecule has 0 aromatic heterocycles. The summed E-state index contributed by atoms with van der Waals surface area (Å²) in [5.41, 5.74) is 2.09. The van der Waals surface area contributed by atoms with Crippen molar-refractivity contribution in [3.63, 3.8) is 0 Å². The molecule has 3 aromatic rings. The number of hydrogen-bond acceptors (Lipinski definition) is 8. The largest absolute Gasteiger partial charge is 0.493 e. The third-order valence-corrected chi connectivity index (χ3v) is 7.82. The molecule has 0 bridgehead atoms. The molecular weight excluding hydrogens is 697 g/mol. The first-order valence-electron chi connectivity index (χ1n) is 17.7. The van der Waals surface area contributed by atoms with Crippen LogP contribution in [-0.2, 0) is 38.6 Å². The lowest BCUT2D eigenvalue weighted by atomic mass is 10.0. The van der Waals surface area contributed by atoms with Crippen LogP contribution in [-0.4, -0.2) is 80.7 Å². The van der Waals surface area contributed by atoms with Gasteiger partial charge in [0.2, 0.25) is 11.8 Å². The number of hydrogen-bond donors (Lipinski definition) is 3. The average Bonchev–Trinajstić information content (AvgIpc) is 3.10. The lowest BCUT2D eigenvalue weighted by Crippen LogP contribution is -2.52. The first-order valence-corrected chi connectivity index (χ1v) is 17.7. The molecule has 0 aliphatic rings. The van der Waals surface area contributed by atoms with Crippen molar-refractivity contribution in [2.45, 2.75) is 91.4 Å². The summed E-state index contributed by atoms with van der Waals surface area (Å²) in [5, 5.41) is 8.59. The van der Waals surface area contributed by atoms with Gasteiger partial charge in [-0.2, -0.15) is 13.5 Å². The van der Waals surface area contributed by atoms with Gasteiger partial charge in [-0.1, -0.05) is 54.6 Å². The Balaban J connectivity index is 0.00000972. The highest BCUT2D eigenvalue weighted by Gasteiger charge is 2.30. The van der Waals surface area contributed by atoms with Crippen LogP contribution >= 0.6 is 13.5 Å². The second-order valence-electron chi connectivity index (χ2n) is 13.3. The van der Waals surface area contributed by atoms with Crippen molar-refractivity contribution in [1.82, 2.24) is 20.9 Å². The molecule has 0 aliphatic heterocycles. The molecule has 0 heterocycles. The van der Waals surface area contributed by atoms with Gasteiger partial charge in [0, 0.05) is 50.8 Å². The summed E-state index contributed by atoms with van der Waals surface area (Å²) in [6.07, 6.45) is -0.566. The Morgan fingerprint density at radius 3 is 2.06 bits per heavy atom. The average molecular weight is 755 g/mol. The van der Waals surface area contributed by atoms with E-state index in [4.69, 9.17) is 23.7 Å². The van der Waals surface area contributed by atoms with Crippen LogP contribution in [0.2, 0.25) is 0 Å². The lowest BCUT2D eigenvalue weighted by molar-refractivity contribution is -0.161. The minimum absolute atomic E-state index is 0. The van der Waals surface area contributed by atoms with E-state index in [-0.39, 0.29) is 50.9 Å². The van der Waals surface area contributed by atoms with Crippen LogP contribution in [0.1, 0.15) is 64.7 Å². The minimum Gasteiger partial charge on any atom is -0.493 e. The molecular formula is C40H58N4O8S. The van der Waals surface area contributed by atoms with Gasteiger partial charge in [-0.15, -0.1) is 0 Å². The summed E-state index contributed by atoms with van der Waals surface area (Å²) in [4.78, 5) is 42.4. The Kier molecular flexibility index (Phi) is 19.0. The summed E-state index contributed by atoms with van der Waals surface area (Å²) in [6, 6.07) is 20.6. The van der Waals surface area contributed by atoms with Crippen LogP contribution in [0.25, 0.3) is 0 Å². The summed E-state index contributed by atoms with van der Waals surface area (Å²) in [6.45, 7) is 12.7. The summed E-state index contributed by atoms with van der Waals surface area (Å²) in [7, 11) is 3.10. The van der Waals surface area contributed by atoms with Crippen LogP contribution in [0.5, 0.6) is 17.2 Å². The normalized spacial score (nSPS) is 12.2. The van der Waals surface area contributed by atoms with E-state index in [1.165, 1.54) is 0 Å². The lowest BCUT2D eigenvalue weighted by Gasteiger charge is -2.32. The van der Waals surface area contributed by atoms with Crippen LogP contribution in [0.4, 0.5) is 4.79 Å². The Labute approximate surface area is 321 Å². The van der Waals surface area contributed by atoms with Crippen molar-refractivity contribution in [2.75, 3.05) is 34.0 Å². The second kappa shape index (κ2) is 22.6. The molecule has 53 heavy (non-hydrogen) atoms. The number of methoxy groups -OCH3 is 2. The first-order chi connectivity index (χ1) is 24.8. The molecule has 292 valence electrons. The number of nitrogens with one attached hydrogen (secondary N) is 3. The van der Waals surface area contributed by atoms with Crippen LogP contribution in [0.3, 0.4) is 0 Å². The van der Waals surface area contributed by atoms with E-state index in [1.54, 1.807) is 32.1 Å². The van der Waals surface area contributed by atoms with E-state index < -0.39 is 30.3 Å². The molecule has 4 amide bonds. The summed E-state index contributed by atoms with van der Waals surface area (Å²) < 4.78 is 28.9. The molecule has 0 aliphatic carbocycles. The SMILES string of the molecule is CCOC(CN(Cc1cccc(OC)c1OC)C(=O)[C@H](Cc1ccc(OC(C)(C)C)cc1)NC(=O)C[C@@H](C)NC(=O)NCc1ccccc1)OCC.S. The van der Waals surface area contributed by atoms with Crippen molar-refractivity contribution < 1.29 is 38.1 Å². The predicted molar refractivity (Wildman–Crippen MR) is 211 cm³/mol. The van der Waals surface area contributed by atoms with Crippen molar-refractivity contribution in [3.05, 3.63) is 89.5 Å². The summed E-state index contributed by atoms with van der Waals surface area (Å²) in [5.74, 6) is 0.963. The number of amides is 4. The van der Waals surface area contributed by atoms with Crippen LogP contribution in [0, 0.1) is 0 Å². The maximum Gasteiger partial charge on any atom is 0.315 e. The fraction of sp³-hybridized carbons (Fsp3) is 0.475.